The van der Waals surface area contributed by atoms with E-state index in [1.807, 2.05) is 6.20 Å². The van der Waals surface area contributed by atoms with E-state index < -0.39 is 0 Å². The summed E-state index contributed by atoms with van der Waals surface area (Å²) >= 11 is 0. The van der Waals surface area contributed by atoms with Crippen LogP contribution in [0.25, 0.3) is 0 Å². The minimum absolute atomic E-state index is 0.792. The highest BCUT2D eigenvalue weighted by atomic mass is 15.2. The van der Waals surface area contributed by atoms with Crippen molar-refractivity contribution in [1.29, 1.82) is 0 Å². The number of aromatic nitrogens is 1. The van der Waals surface area contributed by atoms with Crippen molar-refractivity contribution in [2.75, 3.05) is 24.5 Å². The number of rotatable bonds is 4. The fourth-order valence-corrected chi connectivity index (χ4v) is 2.35. The summed E-state index contributed by atoms with van der Waals surface area (Å²) < 4.78 is 0. The van der Waals surface area contributed by atoms with Gasteiger partial charge < -0.3 is 10.2 Å². The highest BCUT2D eigenvalue weighted by molar-refractivity contribution is 5.47. The molecule has 94 valence electrons. The van der Waals surface area contributed by atoms with E-state index in [1.165, 1.54) is 18.8 Å². The summed E-state index contributed by atoms with van der Waals surface area (Å²) in [5.74, 6) is 1.58. The van der Waals surface area contributed by atoms with Crippen molar-refractivity contribution in [3.05, 3.63) is 24.0 Å². The van der Waals surface area contributed by atoms with Crippen LogP contribution < -0.4 is 10.2 Å². The van der Waals surface area contributed by atoms with E-state index in [4.69, 9.17) is 0 Å². The van der Waals surface area contributed by atoms with Crippen molar-refractivity contribution in [3.8, 4) is 0 Å². The van der Waals surface area contributed by atoms with Crippen LogP contribution in [0.4, 0.5) is 5.69 Å². The third-order valence-electron chi connectivity index (χ3n) is 3.71. The number of hydrogen-bond donors (Lipinski definition) is 1. The number of nitrogens with zero attached hydrogens (tertiary/aromatic N) is 2. The molecule has 2 rings (SSSR count). The minimum Gasteiger partial charge on any atom is -0.371 e. The summed E-state index contributed by atoms with van der Waals surface area (Å²) in [6.45, 7) is 11.0. The summed E-state index contributed by atoms with van der Waals surface area (Å²) in [4.78, 5) is 6.88. The molecule has 1 saturated heterocycles. The Labute approximate surface area is 104 Å². The van der Waals surface area contributed by atoms with Crippen LogP contribution in [0.3, 0.4) is 0 Å². The Hall–Kier alpha value is -1.09. The van der Waals surface area contributed by atoms with Gasteiger partial charge in [-0.05, 0) is 30.5 Å². The first-order chi connectivity index (χ1) is 8.20. The Kier molecular flexibility index (Phi) is 4.00. The van der Waals surface area contributed by atoms with Gasteiger partial charge in [-0.2, -0.15) is 0 Å². The second kappa shape index (κ2) is 5.50. The van der Waals surface area contributed by atoms with Crippen molar-refractivity contribution in [2.24, 2.45) is 11.8 Å². The van der Waals surface area contributed by atoms with Crippen LogP contribution >= 0.6 is 0 Å². The summed E-state index contributed by atoms with van der Waals surface area (Å²) in [6, 6.07) is 4.34. The first-order valence-corrected chi connectivity index (χ1v) is 6.61. The van der Waals surface area contributed by atoms with Gasteiger partial charge in [0.15, 0.2) is 0 Å². The monoisotopic (exact) mass is 233 g/mol. The zero-order valence-electron chi connectivity index (χ0n) is 11.1. The SMILES string of the molecule is CCNCc1cc(N2CC(C)C(C)C2)ccn1. The van der Waals surface area contributed by atoms with Crippen LogP contribution in [0.2, 0.25) is 0 Å². The molecule has 0 saturated carbocycles. The van der Waals surface area contributed by atoms with Crippen LogP contribution in [-0.2, 0) is 6.54 Å². The first kappa shape index (κ1) is 12.4. The maximum absolute atomic E-state index is 4.40. The van der Waals surface area contributed by atoms with E-state index in [0.717, 1.165) is 30.6 Å². The smallest absolute Gasteiger partial charge is 0.0562 e. The average molecular weight is 233 g/mol. The van der Waals surface area contributed by atoms with E-state index in [-0.39, 0.29) is 0 Å². The molecule has 1 fully saturated rings. The highest BCUT2D eigenvalue weighted by Crippen LogP contribution is 2.27. The molecule has 3 nitrogen and oxygen atoms in total. The Balaban J connectivity index is 2.06. The molecule has 0 aromatic carbocycles. The number of nitrogens with one attached hydrogen (secondary N) is 1. The zero-order valence-corrected chi connectivity index (χ0v) is 11.1. The van der Waals surface area contributed by atoms with E-state index in [2.05, 4.69) is 48.1 Å². The summed E-state index contributed by atoms with van der Waals surface area (Å²) in [6.07, 6.45) is 1.93. The summed E-state index contributed by atoms with van der Waals surface area (Å²) in [5, 5.41) is 3.32. The van der Waals surface area contributed by atoms with Crippen LogP contribution in [0, 0.1) is 11.8 Å². The molecule has 1 aliphatic rings. The fourth-order valence-electron chi connectivity index (χ4n) is 2.35. The van der Waals surface area contributed by atoms with Gasteiger partial charge in [0.1, 0.15) is 0 Å². The molecule has 2 atom stereocenters. The third-order valence-corrected chi connectivity index (χ3v) is 3.71. The van der Waals surface area contributed by atoms with E-state index >= 15 is 0 Å². The van der Waals surface area contributed by atoms with Crippen LogP contribution in [0.5, 0.6) is 0 Å². The number of hydrogen-bond acceptors (Lipinski definition) is 3. The predicted molar refractivity (Wildman–Crippen MR) is 72.2 cm³/mol. The molecule has 1 N–H and O–H groups in total. The largest absolute Gasteiger partial charge is 0.371 e. The molecule has 0 radical (unpaired) electrons. The molecule has 0 amide bonds. The normalized spacial score (nSPS) is 24.3. The number of pyridine rings is 1. The van der Waals surface area contributed by atoms with Gasteiger partial charge in [-0.15, -0.1) is 0 Å². The standard InChI is InChI=1S/C14H23N3/c1-4-15-8-13-7-14(5-6-16-13)17-9-11(2)12(3)10-17/h5-7,11-12,15H,4,8-10H2,1-3H3. The maximum atomic E-state index is 4.40. The molecule has 1 aromatic heterocycles. The second-order valence-electron chi connectivity index (χ2n) is 5.15. The number of anilines is 1. The van der Waals surface area contributed by atoms with Crippen LogP contribution in [0.1, 0.15) is 26.5 Å². The quantitative estimate of drug-likeness (QED) is 0.865. The Bertz CT molecular complexity index is 354. The first-order valence-electron chi connectivity index (χ1n) is 6.61. The molecule has 1 aliphatic heterocycles. The average Bonchev–Trinajstić information content (AvgIpc) is 2.68. The molecule has 0 aliphatic carbocycles. The molecular formula is C14H23N3. The lowest BCUT2D eigenvalue weighted by molar-refractivity contribution is 0.494. The lowest BCUT2D eigenvalue weighted by Gasteiger charge is -2.18. The van der Waals surface area contributed by atoms with Crippen LogP contribution in [0.15, 0.2) is 18.3 Å². The molecule has 2 unspecified atom stereocenters. The minimum atomic E-state index is 0.792. The third kappa shape index (κ3) is 2.97. The van der Waals surface area contributed by atoms with Crippen molar-refractivity contribution in [1.82, 2.24) is 10.3 Å². The molecule has 0 spiro atoms. The van der Waals surface area contributed by atoms with Gasteiger partial charge in [-0.3, -0.25) is 4.98 Å². The van der Waals surface area contributed by atoms with Gasteiger partial charge in [0, 0.05) is 31.5 Å². The summed E-state index contributed by atoms with van der Waals surface area (Å²) in [7, 11) is 0. The molecular weight excluding hydrogens is 210 g/mol. The van der Waals surface area contributed by atoms with Crippen molar-refractivity contribution < 1.29 is 0 Å². The van der Waals surface area contributed by atoms with Crippen molar-refractivity contribution in [3.63, 3.8) is 0 Å². The molecule has 17 heavy (non-hydrogen) atoms. The van der Waals surface area contributed by atoms with Gasteiger partial charge in [0.25, 0.3) is 0 Å². The molecule has 0 bridgehead atoms. The van der Waals surface area contributed by atoms with Gasteiger partial charge in [0.2, 0.25) is 0 Å². The van der Waals surface area contributed by atoms with Crippen LogP contribution in [-0.4, -0.2) is 24.6 Å². The second-order valence-corrected chi connectivity index (χ2v) is 5.15. The lowest BCUT2D eigenvalue weighted by atomic mass is 10.0. The van der Waals surface area contributed by atoms with Gasteiger partial charge in [-0.1, -0.05) is 20.8 Å². The zero-order chi connectivity index (χ0) is 12.3. The Morgan fingerprint density at radius 3 is 2.71 bits per heavy atom. The topological polar surface area (TPSA) is 28.2 Å². The van der Waals surface area contributed by atoms with E-state index in [1.54, 1.807) is 0 Å². The van der Waals surface area contributed by atoms with Crippen molar-refractivity contribution >= 4 is 5.69 Å². The van der Waals surface area contributed by atoms with E-state index in [9.17, 15) is 0 Å². The Morgan fingerprint density at radius 1 is 1.35 bits per heavy atom. The van der Waals surface area contributed by atoms with Crippen molar-refractivity contribution in [2.45, 2.75) is 27.3 Å². The molecule has 1 aromatic rings. The molecule has 3 heteroatoms. The van der Waals surface area contributed by atoms with E-state index in [0.29, 0.717) is 0 Å². The van der Waals surface area contributed by atoms with Gasteiger partial charge in [0.05, 0.1) is 5.69 Å². The van der Waals surface area contributed by atoms with Gasteiger partial charge >= 0.3 is 0 Å². The fraction of sp³-hybridized carbons (Fsp3) is 0.643. The maximum Gasteiger partial charge on any atom is 0.0562 e. The van der Waals surface area contributed by atoms with Gasteiger partial charge in [-0.25, -0.2) is 0 Å². The summed E-state index contributed by atoms with van der Waals surface area (Å²) in [5.41, 5.74) is 2.46. The highest BCUT2D eigenvalue weighted by Gasteiger charge is 2.26. The Morgan fingerprint density at radius 2 is 2.06 bits per heavy atom. The lowest BCUT2D eigenvalue weighted by Crippen LogP contribution is -2.20. The predicted octanol–water partition coefficient (Wildman–Crippen LogP) is 2.28. The molecule has 2 heterocycles.